The maximum atomic E-state index is 13.1. The van der Waals surface area contributed by atoms with Gasteiger partial charge in [-0.3, -0.25) is 4.79 Å². The number of amides is 1. The largest absolute Gasteiger partial charge is 0.493 e. The standard InChI is InChI=1S/C24H29NO3/c1-27-23-15-20(11-12-22(23)28-17-18-7-3-2-4-8-18)24(26)25-14-13-19-9-5-6-10-21(19)16-25/h2-4,7-8,11-12,15,19,21H,5-6,9-10,13-14,16-17H2,1H3/t19-,21-/m1/s1. The molecule has 2 aromatic rings. The third kappa shape index (κ3) is 4.16. The molecule has 0 N–H and O–H groups in total. The second-order valence-corrected chi connectivity index (χ2v) is 7.98. The molecule has 1 heterocycles. The van der Waals surface area contributed by atoms with Gasteiger partial charge >= 0.3 is 0 Å². The summed E-state index contributed by atoms with van der Waals surface area (Å²) in [6.07, 6.45) is 6.42. The van der Waals surface area contributed by atoms with Crippen molar-refractivity contribution in [2.24, 2.45) is 11.8 Å². The van der Waals surface area contributed by atoms with E-state index in [9.17, 15) is 4.79 Å². The van der Waals surface area contributed by atoms with Crippen LogP contribution < -0.4 is 9.47 Å². The van der Waals surface area contributed by atoms with Crippen LogP contribution in [0.5, 0.6) is 11.5 Å². The third-order valence-corrected chi connectivity index (χ3v) is 6.23. The van der Waals surface area contributed by atoms with Crippen LogP contribution in [0.15, 0.2) is 48.5 Å². The topological polar surface area (TPSA) is 38.8 Å². The lowest BCUT2D eigenvalue weighted by molar-refractivity contribution is 0.0520. The molecule has 1 aliphatic carbocycles. The van der Waals surface area contributed by atoms with Gasteiger partial charge in [0.2, 0.25) is 0 Å². The van der Waals surface area contributed by atoms with E-state index in [1.54, 1.807) is 7.11 Å². The van der Waals surface area contributed by atoms with Crippen LogP contribution in [-0.2, 0) is 6.61 Å². The first-order chi connectivity index (χ1) is 13.7. The second kappa shape index (κ2) is 8.68. The Kier molecular flexibility index (Phi) is 5.84. The highest BCUT2D eigenvalue weighted by Gasteiger charge is 2.33. The number of piperidine rings is 1. The summed E-state index contributed by atoms with van der Waals surface area (Å²) >= 11 is 0. The molecule has 0 bridgehead atoms. The fourth-order valence-corrected chi connectivity index (χ4v) is 4.62. The first-order valence-corrected chi connectivity index (χ1v) is 10.4. The van der Waals surface area contributed by atoms with Gasteiger partial charge in [-0.05, 0) is 48.4 Å². The summed E-state index contributed by atoms with van der Waals surface area (Å²) in [6.45, 7) is 2.24. The molecule has 1 amide bonds. The summed E-state index contributed by atoms with van der Waals surface area (Å²) in [5.74, 6) is 2.88. The maximum Gasteiger partial charge on any atom is 0.254 e. The molecule has 1 aliphatic heterocycles. The number of likely N-dealkylation sites (tertiary alicyclic amines) is 1. The molecular weight excluding hydrogens is 350 g/mol. The molecule has 28 heavy (non-hydrogen) atoms. The quantitative estimate of drug-likeness (QED) is 0.740. The molecule has 2 atom stereocenters. The van der Waals surface area contributed by atoms with Crippen LogP contribution in [0, 0.1) is 11.8 Å². The number of hydrogen-bond acceptors (Lipinski definition) is 3. The number of nitrogens with zero attached hydrogens (tertiary/aromatic N) is 1. The van der Waals surface area contributed by atoms with Crippen molar-refractivity contribution in [3.63, 3.8) is 0 Å². The van der Waals surface area contributed by atoms with E-state index in [1.165, 1.54) is 25.7 Å². The Labute approximate surface area is 167 Å². The van der Waals surface area contributed by atoms with Gasteiger partial charge in [-0.2, -0.15) is 0 Å². The van der Waals surface area contributed by atoms with Crippen molar-refractivity contribution >= 4 is 5.91 Å². The average Bonchev–Trinajstić information content (AvgIpc) is 2.77. The average molecular weight is 380 g/mol. The number of rotatable bonds is 5. The highest BCUT2D eigenvalue weighted by molar-refractivity contribution is 5.95. The summed E-state index contributed by atoms with van der Waals surface area (Å²) < 4.78 is 11.4. The van der Waals surface area contributed by atoms with E-state index in [0.29, 0.717) is 29.6 Å². The van der Waals surface area contributed by atoms with Gasteiger partial charge in [-0.25, -0.2) is 0 Å². The molecule has 4 heteroatoms. The molecule has 2 aliphatic rings. The van der Waals surface area contributed by atoms with Crippen LogP contribution >= 0.6 is 0 Å². The molecular formula is C24H29NO3. The van der Waals surface area contributed by atoms with E-state index in [1.807, 2.05) is 53.4 Å². The summed E-state index contributed by atoms with van der Waals surface area (Å²) in [4.78, 5) is 15.1. The zero-order chi connectivity index (χ0) is 19.3. The Morgan fingerprint density at radius 3 is 2.57 bits per heavy atom. The van der Waals surface area contributed by atoms with Crippen molar-refractivity contribution in [3.05, 3.63) is 59.7 Å². The maximum absolute atomic E-state index is 13.1. The van der Waals surface area contributed by atoms with E-state index in [4.69, 9.17) is 9.47 Å². The molecule has 4 rings (SSSR count). The van der Waals surface area contributed by atoms with E-state index in [2.05, 4.69) is 0 Å². The fourth-order valence-electron chi connectivity index (χ4n) is 4.62. The normalized spacial score (nSPS) is 21.7. The highest BCUT2D eigenvalue weighted by atomic mass is 16.5. The van der Waals surface area contributed by atoms with Gasteiger partial charge in [-0.1, -0.05) is 49.6 Å². The molecule has 0 aromatic heterocycles. The predicted molar refractivity (Wildman–Crippen MR) is 110 cm³/mol. The molecule has 0 unspecified atom stereocenters. The number of ether oxygens (including phenoxy) is 2. The minimum absolute atomic E-state index is 0.108. The van der Waals surface area contributed by atoms with Crippen molar-refractivity contribution in [2.75, 3.05) is 20.2 Å². The van der Waals surface area contributed by atoms with E-state index >= 15 is 0 Å². The molecule has 1 saturated heterocycles. The van der Waals surface area contributed by atoms with E-state index in [-0.39, 0.29) is 5.91 Å². The third-order valence-electron chi connectivity index (χ3n) is 6.23. The Morgan fingerprint density at radius 1 is 1.00 bits per heavy atom. The van der Waals surface area contributed by atoms with Gasteiger partial charge < -0.3 is 14.4 Å². The predicted octanol–water partition coefficient (Wildman–Crippen LogP) is 4.93. The monoisotopic (exact) mass is 379 g/mol. The number of benzene rings is 2. The van der Waals surface area contributed by atoms with Crippen LogP contribution in [0.4, 0.5) is 0 Å². The second-order valence-electron chi connectivity index (χ2n) is 7.98. The molecule has 2 fully saturated rings. The number of carbonyl (C=O) groups is 1. The van der Waals surface area contributed by atoms with Crippen LogP contribution in [0.1, 0.15) is 48.0 Å². The van der Waals surface area contributed by atoms with Gasteiger partial charge in [0, 0.05) is 18.7 Å². The van der Waals surface area contributed by atoms with E-state index < -0.39 is 0 Å². The van der Waals surface area contributed by atoms with Gasteiger partial charge in [0.25, 0.3) is 5.91 Å². The van der Waals surface area contributed by atoms with Crippen molar-refractivity contribution in [3.8, 4) is 11.5 Å². The van der Waals surface area contributed by atoms with Crippen LogP contribution in [-0.4, -0.2) is 31.0 Å². The van der Waals surface area contributed by atoms with Gasteiger partial charge in [-0.15, -0.1) is 0 Å². The fraction of sp³-hybridized carbons (Fsp3) is 0.458. The number of hydrogen-bond donors (Lipinski definition) is 0. The zero-order valence-electron chi connectivity index (χ0n) is 16.6. The lowest BCUT2D eigenvalue weighted by Crippen LogP contribution is -2.44. The number of carbonyl (C=O) groups excluding carboxylic acids is 1. The molecule has 0 radical (unpaired) electrons. The lowest BCUT2D eigenvalue weighted by atomic mass is 9.75. The molecule has 0 spiro atoms. The van der Waals surface area contributed by atoms with Gasteiger partial charge in [0.1, 0.15) is 6.61 Å². The Bertz CT molecular complexity index is 805. The first-order valence-electron chi connectivity index (χ1n) is 10.4. The summed E-state index contributed by atoms with van der Waals surface area (Å²) in [5.41, 5.74) is 1.78. The molecule has 1 saturated carbocycles. The minimum Gasteiger partial charge on any atom is -0.493 e. The minimum atomic E-state index is 0.108. The first kappa shape index (κ1) is 18.9. The lowest BCUT2D eigenvalue weighted by Gasteiger charge is -2.41. The molecule has 4 nitrogen and oxygen atoms in total. The van der Waals surface area contributed by atoms with Crippen LogP contribution in [0.25, 0.3) is 0 Å². The SMILES string of the molecule is COc1cc(C(=O)N2CC[C@H]3CCCC[C@@H]3C2)ccc1OCc1ccccc1. The highest BCUT2D eigenvalue weighted by Crippen LogP contribution is 2.37. The Hall–Kier alpha value is -2.49. The van der Waals surface area contributed by atoms with Gasteiger partial charge in [0.15, 0.2) is 11.5 Å². The summed E-state index contributed by atoms with van der Waals surface area (Å²) in [6, 6.07) is 15.6. The molecule has 2 aromatic carbocycles. The van der Waals surface area contributed by atoms with Crippen molar-refractivity contribution in [1.82, 2.24) is 4.90 Å². The van der Waals surface area contributed by atoms with Crippen LogP contribution in [0.2, 0.25) is 0 Å². The number of fused-ring (bicyclic) bond motifs is 1. The van der Waals surface area contributed by atoms with Crippen molar-refractivity contribution in [1.29, 1.82) is 0 Å². The summed E-state index contributed by atoms with van der Waals surface area (Å²) in [7, 11) is 1.62. The molecule has 148 valence electrons. The smallest absolute Gasteiger partial charge is 0.254 e. The zero-order valence-corrected chi connectivity index (χ0v) is 16.6. The van der Waals surface area contributed by atoms with Crippen molar-refractivity contribution < 1.29 is 14.3 Å². The summed E-state index contributed by atoms with van der Waals surface area (Å²) in [5, 5.41) is 0. The van der Waals surface area contributed by atoms with E-state index in [0.717, 1.165) is 31.0 Å². The van der Waals surface area contributed by atoms with Crippen molar-refractivity contribution in [2.45, 2.75) is 38.7 Å². The number of methoxy groups -OCH3 is 1. The Balaban J connectivity index is 1.43. The van der Waals surface area contributed by atoms with Gasteiger partial charge in [0.05, 0.1) is 7.11 Å². The van der Waals surface area contributed by atoms with Crippen LogP contribution in [0.3, 0.4) is 0 Å². The Morgan fingerprint density at radius 2 is 1.79 bits per heavy atom.